The zero-order valence-electron chi connectivity index (χ0n) is 17.1. The molecule has 0 bridgehead atoms. The third-order valence-corrected chi connectivity index (χ3v) is 6.17. The van der Waals surface area contributed by atoms with Gasteiger partial charge in [0.15, 0.2) is 0 Å². The highest BCUT2D eigenvalue weighted by molar-refractivity contribution is 6.07. The van der Waals surface area contributed by atoms with Crippen LogP contribution in [0.1, 0.15) is 64.4 Å². The van der Waals surface area contributed by atoms with E-state index in [-0.39, 0.29) is 23.8 Å². The second-order valence-corrected chi connectivity index (χ2v) is 8.25. The Balaban J connectivity index is 1.94. The standard InChI is InChI=1S/C22H31N3O3/c1-4-22(3,21(28)23-16-7-5-6-8-16)25(17-11-9-15(2)10-12-17)20(27)18-13-14-19(26)24-18/h9-12,16,18H,4-8,13-14H2,1-3H3,(H,23,28)(H,24,26). The number of rotatable bonds is 6. The van der Waals surface area contributed by atoms with Gasteiger partial charge in [0.2, 0.25) is 11.8 Å². The number of nitrogens with zero attached hydrogens (tertiary/aromatic N) is 1. The second-order valence-electron chi connectivity index (χ2n) is 8.25. The summed E-state index contributed by atoms with van der Waals surface area (Å²) in [6, 6.07) is 7.22. The summed E-state index contributed by atoms with van der Waals surface area (Å²) in [5.74, 6) is -0.461. The van der Waals surface area contributed by atoms with Gasteiger partial charge in [0.05, 0.1) is 0 Å². The van der Waals surface area contributed by atoms with Gasteiger partial charge >= 0.3 is 0 Å². The Kier molecular flexibility index (Phi) is 6.06. The molecule has 1 aromatic rings. The summed E-state index contributed by atoms with van der Waals surface area (Å²) in [5, 5.41) is 5.93. The third-order valence-electron chi connectivity index (χ3n) is 6.17. The highest BCUT2D eigenvalue weighted by Crippen LogP contribution is 2.31. The first-order valence-electron chi connectivity index (χ1n) is 10.4. The van der Waals surface area contributed by atoms with Gasteiger partial charge in [-0.3, -0.25) is 19.3 Å². The number of nitrogens with one attached hydrogen (secondary N) is 2. The fourth-order valence-electron chi connectivity index (χ4n) is 4.14. The van der Waals surface area contributed by atoms with Crippen LogP contribution in [-0.2, 0) is 14.4 Å². The number of benzene rings is 1. The molecule has 1 aromatic carbocycles. The third kappa shape index (κ3) is 4.05. The van der Waals surface area contributed by atoms with Gasteiger partial charge in [-0.1, -0.05) is 37.5 Å². The van der Waals surface area contributed by atoms with Crippen molar-refractivity contribution in [3.05, 3.63) is 29.8 Å². The summed E-state index contributed by atoms with van der Waals surface area (Å²) in [6.45, 7) is 5.74. The number of aryl methyl sites for hydroxylation is 1. The first kappa shape index (κ1) is 20.4. The molecule has 2 atom stereocenters. The molecule has 1 saturated carbocycles. The van der Waals surface area contributed by atoms with E-state index in [2.05, 4.69) is 10.6 Å². The van der Waals surface area contributed by atoms with Crippen LogP contribution in [0.5, 0.6) is 0 Å². The summed E-state index contributed by atoms with van der Waals surface area (Å²) in [5.41, 5.74) is 0.740. The normalized spacial score (nSPS) is 21.8. The van der Waals surface area contributed by atoms with Crippen molar-refractivity contribution in [1.29, 1.82) is 0 Å². The quantitative estimate of drug-likeness (QED) is 0.790. The van der Waals surface area contributed by atoms with Gasteiger partial charge in [-0.05, 0) is 51.7 Å². The number of hydrogen-bond acceptors (Lipinski definition) is 3. The van der Waals surface area contributed by atoms with Crippen LogP contribution in [0.2, 0.25) is 0 Å². The van der Waals surface area contributed by atoms with Crippen molar-refractivity contribution >= 4 is 23.4 Å². The number of anilines is 1. The van der Waals surface area contributed by atoms with Crippen molar-refractivity contribution in [1.82, 2.24) is 10.6 Å². The minimum absolute atomic E-state index is 0.115. The van der Waals surface area contributed by atoms with Crippen molar-refractivity contribution in [3.63, 3.8) is 0 Å². The van der Waals surface area contributed by atoms with E-state index >= 15 is 0 Å². The van der Waals surface area contributed by atoms with Crippen LogP contribution in [0, 0.1) is 6.92 Å². The lowest BCUT2D eigenvalue weighted by Gasteiger charge is -2.41. The molecule has 1 saturated heterocycles. The number of amides is 3. The Labute approximate surface area is 167 Å². The van der Waals surface area contributed by atoms with Crippen molar-refractivity contribution < 1.29 is 14.4 Å². The average molecular weight is 386 g/mol. The lowest BCUT2D eigenvalue weighted by Crippen LogP contribution is -2.63. The molecule has 1 aliphatic carbocycles. The molecule has 2 aliphatic rings. The summed E-state index contributed by atoms with van der Waals surface area (Å²) in [6.07, 6.45) is 5.52. The predicted molar refractivity (Wildman–Crippen MR) is 109 cm³/mol. The van der Waals surface area contributed by atoms with E-state index in [0.717, 1.165) is 31.2 Å². The molecule has 1 heterocycles. The van der Waals surface area contributed by atoms with Crippen LogP contribution in [0.3, 0.4) is 0 Å². The molecule has 152 valence electrons. The molecule has 2 N–H and O–H groups in total. The van der Waals surface area contributed by atoms with Gasteiger partial charge in [0, 0.05) is 18.2 Å². The maximum absolute atomic E-state index is 13.5. The monoisotopic (exact) mass is 385 g/mol. The SMILES string of the molecule is CCC(C)(C(=O)NC1CCCC1)N(C(=O)C1CCC(=O)N1)c1ccc(C)cc1. The van der Waals surface area contributed by atoms with Crippen molar-refractivity contribution in [2.75, 3.05) is 4.90 Å². The summed E-state index contributed by atoms with van der Waals surface area (Å²) in [4.78, 5) is 40.1. The molecule has 3 rings (SSSR count). The van der Waals surface area contributed by atoms with Crippen LogP contribution in [0.25, 0.3) is 0 Å². The Morgan fingerprint density at radius 2 is 1.82 bits per heavy atom. The predicted octanol–water partition coefficient (Wildman–Crippen LogP) is 2.83. The van der Waals surface area contributed by atoms with E-state index in [1.807, 2.05) is 45.0 Å². The fraction of sp³-hybridized carbons (Fsp3) is 0.591. The molecule has 2 unspecified atom stereocenters. The Hall–Kier alpha value is -2.37. The molecule has 2 fully saturated rings. The van der Waals surface area contributed by atoms with Gasteiger partial charge in [0.25, 0.3) is 5.91 Å². The van der Waals surface area contributed by atoms with Crippen LogP contribution >= 0.6 is 0 Å². The number of carbonyl (C=O) groups is 3. The lowest BCUT2D eigenvalue weighted by atomic mass is 9.92. The molecule has 0 spiro atoms. The van der Waals surface area contributed by atoms with Gasteiger partial charge in [-0.25, -0.2) is 0 Å². The summed E-state index contributed by atoms with van der Waals surface area (Å²) < 4.78 is 0. The molecule has 6 nitrogen and oxygen atoms in total. The molecular weight excluding hydrogens is 354 g/mol. The number of hydrogen-bond donors (Lipinski definition) is 2. The Morgan fingerprint density at radius 1 is 1.18 bits per heavy atom. The lowest BCUT2D eigenvalue weighted by molar-refractivity contribution is -0.131. The Morgan fingerprint density at radius 3 is 2.36 bits per heavy atom. The van der Waals surface area contributed by atoms with Gasteiger partial charge in [-0.15, -0.1) is 0 Å². The highest BCUT2D eigenvalue weighted by Gasteiger charge is 2.45. The topological polar surface area (TPSA) is 78.5 Å². The second kappa shape index (κ2) is 8.33. The average Bonchev–Trinajstić information content (AvgIpc) is 3.34. The van der Waals surface area contributed by atoms with Crippen molar-refractivity contribution in [3.8, 4) is 0 Å². The van der Waals surface area contributed by atoms with E-state index in [4.69, 9.17) is 0 Å². The smallest absolute Gasteiger partial charge is 0.250 e. The van der Waals surface area contributed by atoms with Crippen LogP contribution in [0.15, 0.2) is 24.3 Å². The van der Waals surface area contributed by atoms with Gasteiger partial charge in [-0.2, -0.15) is 0 Å². The minimum atomic E-state index is -1.03. The molecule has 6 heteroatoms. The van der Waals surface area contributed by atoms with Gasteiger partial charge in [0.1, 0.15) is 11.6 Å². The fourth-order valence-corrected chi connectivity index (χ4v) is 4.14. The largest absolute Gasteiger partial charge is 0.351 e. The van der Waals surface area contributed by atoms with Crippen LogP contribution < -0.4 is 15.5 Å². The molecule has 28 heavy (non-hydrogen) atoms. The summed E-state index contributed by atoms with van der Waals surface area (Å²) in [7, 11) is 0. The van der Waals surface area contributed by atoms with Crippen LogP contribution in [-0.4, -0.2) is 35.3 Å². The van der Waals surface area contributed by atoms with Crippen molar-refractivity contribution in [2.45, 2.75) is 83.3 Å². The van der Waals surface area contributed by atoms with E-state index in [9.17, 15) is 14.4 Å². The molecule has 0 radical (unpaired) electrons. The van der Waals surface area contributed by atoms with Crippen LogP contribution in [0.4, 0.5) is 5.69 Å². The van der Waals surface area contributed by atoms with E-state index in [1.165, 1.54) is 0 Å². The summed E-state index contributed by atoms with van der Waals surface area (Å²) >= 11 is 0. The molecule has 0 aromatic heterocycles. The first-order chi connectivity index (χ1) is 13.3. The maximum atomic E-state index is 13.5. The van der Waals surface area contributed by atoms with E-state index in [1.54, 1.807) is 4.90 Å². The maximum Gasteiger partial charge on any atom is 0.250 e. The Bertz CT molecular complexity index is 740. The van der Waals surface area contributed by atoms with E-state index < -0.39 is 11.6 Å². The number of carbonyl (C=O) groups excluding carboxylic acids is 3. The minimum Gasteiger partial charge on any atom is -0.351 e. The zero-order valence-corrected chi connectivity index (χ0v) is 17.1. The molecule has 3 amide bonds. The first-order valence-corrected chi connectivity index (χ1v) is 10.4. The van der Waals surface area contributed by atoms with Gasteiger partial charge < -0.3 is 10.6 Å². The van der Waals surface area contributed by atoms with Crippen molar-refractivity contribution in [2.24, 2.45) is 0 Å². The van der Waals surface area contributed by atoms with E-state index in [0.29, 0.717) is 24.9 Å². The molecular formula is C22H31N3O3. The molecule has 1 aliphatic heterocycles. The highest BCUT2D eigenvalue weighted by atomic mass is 16.2. The zero-order chi connectivity index (χ0) is 20.3.